The molecule has 0 aliphatic heterocycles. The van der Waals surface area contributed by atoms with Gasteiger partial charge in [0.15, 0.2) is 6.61 Å². The number of nitro groups is 1. The maximum atomic E-state index is 12.2. The van der Waals surface area contributed by atoms with Crippen molar-refractivity contribution in [1.82, 2.24) is 10.4 Å². The molecule has 2 aromatic carbocycles. The number of hydrogen-bond acceptors (Lipinski definition) is 11. The van der Waals surface area contributed by atoms with Gasteiger partial charge in [0, 0.05) is 36.1 Å². The van der Waals surface area contributed by atoms with Gasteiger partial charge >= 0.3 is 0 Å². The highest BCUT2D eigenvalue weighted by Crippen LogP contribution is 2.25. The fraction of sp³-hybridized carbons (Fsp3) is 0.167. The van der Waals surface area contributed by atoms with E-state index in [1.807, 2.05) is 6.07 Å². The van der Waals surface area contributed by atoms with Crippen molar-refractivity contribution in [2.24, 2.45) is 15.3 Å². The van der Waals surface area contributed by atoms with Crippen LogP contribution in [0.1, 0.15) is 22.4 Å². The van der Waals surface area contributed by atoms with Gasteiger partial charge < -0.3 is 14.6 Å². The van der Waals surface area contributed by atoms with Crippen LogP contribution in [0.3, 0.4) is 0 Å². The molecule has 0 fully saturated rings. The van der Waals surface area contributed by atoms with E-state index in [1.54, 1.807) is 13.0 Å². The molecule has 0 atom stereocenters. The molecule has 0 spiro atoms. The Labute approximate surface area is 210 Å². The number of ether oxygens (including phenoxy) is 2. The van der Waals surface area contributed by atoms with E-state index >= 15 is 0 Å². The number of azo groups is 1. The lowest BCUT2D eigenvalue weighted by Gasteiger charge is -2.10. The van der Waals surface area contributed by atoms with Crippen molar-refractivity contribution in [3.63, 3.8) is 0 Å². The molecule has 1 amide bonds. The number of nitriles is 1. The van der Waals surface area contributed by atoms with Gasteiger partial charge in [0.1, 0.15) is 17.4 Å². The molecular formula is C24H21N7O6. The van der Waals surface area contributed by atoms with Crippen LogP contribution in [-0.2, 0) is 16.1 Å². The number of rotatable bonds is 10. The van der Waals surface area contributed by atoms with Crippen LogP contribution in [0.4, 0.5) is 17.1 Å². The van der Waals surface area contributed by atoms with Gasteiger partial charge in [0.25, 0.3) is 11.6 Å². The summed E-state index contributed by atoms with van der Waals surface area (Å²) in [6, 6.07) is 13.6. The smallest absolute Gasteiger partial charge is 0.278 e. The van der Waals surface area contributed by atoms with E-state index in [0.29, 0.717) is 22.6 Å². The molecular weight excluding hydrogens is 482 g/mol. The van der Waals surface area contributed by atoms with Gasteiger partial charge in [0.2, 0.25) is 5.88 Å². The number of nitrogens with one attached hydrogen (secondary N) is 1. The Kier molecular flexibility index (Phi) is 8.90. The average Bonchev–Trinajstić information content (AvgIpc) is 2.88. The molecule has 13 heteroatoms. The second-order valence-electron chi connectivity index (χ2n) is 7.45. The standard InChI is InChI=1S/C24H21N7O6/c1-15-9-17(13-36-2)21(11-25)24(27-15)37-14-23(33)30-26-12-16-10-19(5-8-22(16)32)29-28-18-3-6-20(7-4-18)31(34)35/h3-10,12,32H,13-14H2,1-2H3,(H,30,33)/b26-12-,29-28?. The number of aromatic hydroxyl groups is 1. The summed E-state index contributed by atoms with van der Waals surface area (Å²) in [6.07, 6.45) is 1.21. The second-order valence-corrected chi connectivity index (χ2v) is 7.45. The molecule has 2 N–H and O–H groups in total. The number of phenols is 1. The van der Waals surface area contributed by atoms with Crippen LogP contribution in [0.15, 0.2) is 63.9 Å². The summed E-state index contributed by atoms with van der Waals surface area (Å²) in [5, 5.41) is 42.0. The number of nitrogens with zero attached hydrogens (tertiary/aromatic N) is 6. The lowest BCUT2D eigenvalue weighted by Crippen LogP contribution is -2.25. The number of benzene rings is 2. The van der Waals surface area contributed by atoms with E-state index in [0.717, 1.165) is 0 Å². The summed E-state index contributed by atoms with van der Waals surface area (Å²) >= 11 is 0. The van der Waals surface area contributed by atoms with Crippen molar-refractivity contribution < 1.29 is 24.3 Å². The minimum atomic E-state index is -0.620. The maximum Gasteiger partial charge on any atom is 0.278 e. The molecule has 0 saturated heterocycles. The molecule has 188 valence electrons. The minimum absolute atomic E-state index is 0.0115. The third-order valence-corrected chi connectivity index (χ3v) is 4.69. The molecule has 1 aromatic heterocycles. The molecule has 1 heterocycles. The first-order chi connectivity index (χ1) is 17.8. The highest BCUT2D eigenvalue weighted by atomic mass is 16.6. The van der Waals surface area contributed by atoms with Crippen molar-refractivity contribution in [2.45, 2.75) is 13.5 Å². The summed E-state index contributed by atoms with van der Waals surface area (Å²) in [7, 11) is 1.50. The Morgan fingerprint density at radius 2 is 1.92 bits per heavy atom. The van der Waals surface area contributed by atoms with Crippen LogP contribution in [0, 0.1) is 28.4 Å². The lowest BCUT2D eigenvalue weighted by atomic mass is 10.1. The molecule has 0 bridgehead atoms. The predicted molar refractivity (Wildman–Crippen MR) is 131 cm³/mol. The number of methoxy groups -OCH3 is 1. The van der Waals surface area contributed by atoms with Crippen molar-refractivity contribution >= 4 is 29.2 Å². The van der Waals surface area contributed by atoms with Crippen molar-refractivity contribution in [3.05, 3.63) is 81.0 Å². The fourth-order valence-electron chi connectivity index (χ4n) is 3.01. The van der Waals surface area contributed by atoms with Crippen LogP contribution < -0.4 is 10.2 Å². The number of carbonyl (C=O) groups is 1. The Hall–Kier alpha value is -5.22. The number of amides is 1. The first-order valence-electron chi connectivity index (χ1n) is 10.6. The summed E-state index contributed by atoms with van der Waals surface area (Å²) in [5.41, 5.74) is 4.58. The Morgan fingerprint density at radius 1 is 1.22 bits per heavy atom. The first-order valence-corrected chi connectivity index (χ1v) is 10.6. The average molecular weight is 503 g/mol. The molecule has 3 rings (SSSR count). The van der Waals surface area contributed by atoms with Gasteiger partial charge in [0.05, 0.1) is 29.1 Å². The fourth-order valence-corrected chi connectivity index (χ4v) is 3.01. The molecule has 0 aliphatic carbocycles. The van der Waals surface area contributed by atoms with Gasteiger partial charge in [-0.25, -0.2) is 10.4 Å². The van der Waals surface area contributed by atoms with Gasteiger partial charge in [-0.3, -0.25) is 14.9 Å². The highest BCUT2D eigenvalue weighted by Gasteiger charge is 2.14. The number of aryl methyl sites for hydroxylation is 1. The van der Waals surface area contributed by atoms with Crippen LogP contribution >= 0.6 is 0 Å². The van der Waals surface area contributed by atoms with E-state index in [4.69, 9.17) is 9.47 Å². The Bertz CT molecular complexity index is 1400. The Morgan fingerprint density at radius 3 is 2.59 bits per heavy atom. The third kappa shape index (κ3) is 7.38. The highest BCUT2D eigenvalue weighted by molar-refractivity contribution is 5.86. The summed E-state index contributed by atoms with van der Waals surface area (Å²) in [5.74, 6) is -0.723. The maximum absolute atomic E-state index is 12.2. The molecule has 37 heavy (non-hydrogen) atoms. The third-order valence-electron chi connectivity index (χ3n) is 4.69. The van der Waals surface area contributed by atoms with Gasteiger partial charge in [-0.2, -0.15) is 20.6 Å². The number of hydrazone groups is 1. The van der Waals surface area contributed by atoms with E-state index in [1.165, 1.54) is 55.8 Å². The van der Waals surface area contributed by atoms with Crippen molar-refractivity contribution in [1.29, 1.82) is 5.26 Å². The number of hydrogen-bond donors (Lipinski definition) is 2. The number of pyridine rings is 1. The molecule has 0 aliphatic rings. The van der Waals surface area contributed by atoms with Crippen molar-refractivity contribution in [3.8, 4) is 17.7 Å². The zero-order valence-corrected chi connectivity index (χ0v) is 19.8. The monoisotopic (exact) mass is 503 g/mol. The van der Waals surface area contributed by atoms with Gasteiger partial charge in [-0.15, -0.1) is 0 Å². The number of carbonyl (C=O) groups excluding carboxylic acids is 1. The molecule has 0 unspecified atom stereocenters. The number of nitro benzene ring substituents is 1. The SMILES string of the molecule is COCc1cc(C)nc(OCC(=O)N/N=C\c2cc(N=Nc3ccc([N+](=O)[O-])cc3)ccc2O)c1C#N. The largest absolute Gasteiger partial charge is 0.507 e. The number of aromatic nitrogens is 1. The summed E-state index contributed by atoms with van der Waals surface area (Å²) < 4.78 is 10.5. The summed E-state index contributed by atoms with van der Waals surface area (Å²) in [4.78, 5) is 26.5. The van der Waals surface area contributed by atoms with Crippen molar-refractivity contribution in [2.75, 3.05) is 13.7 Å². The van der Waals surface area contributed by atoms with Gasteiger partial charge in [-0.05, 0) is 43.3 Å². The number of non-ortho nitro benzene ring substituents is 1. The van der Waals surface area contributed by atoms with Crippen LogP contribution in [-0.4, -0.2) is 40.9 Å². The van der Waals surface area contributed by atoms with E-state index in [9.17, 15) is 25.3 Å². The lowest BCUT2D eigenvalue weighted by molar-refractivity contribution is -0.384. The second kappa shape index (κ2) is 12.5. The number of phenolic OH excluding ortho intramolecular Hbond substituents is 1. The zero-order valence-electron chi connectivity index (χ0n) is 19.8. The molecule has 0 radical (unpaired) electrons. The topological polar surface area (TPSA) is 185 Å². The van der Waals surface area contributed by atoms with Crippen LogP contribution in [0.25, 0.3) is 0 Å². The van der Waals surface area contributed by atoms with Crippen LogP contribution in [0.5, 0.6) is 11.6 Å². The van der Waals surface area contributed by atoms with Crippen LogP contribution in [0.2, 0.25) is 0 Å². The zero-order chi connectivity index (χ0) is 26.8. The predicted octanol–water partition coefficient (Wildman–Crippen LogP) is 3.97. The molecule has 13 nitrogen and oxygen atoms in total. The first kappa shape index (κ1) is 26.4. The quantitative estimate of drug-likeness (QED) is 0.180. The van der Waals surface area contributed by atoms with Gasteiger partial charge in [-0.1, -0.05) is 0 Å². The van der Waals surface area contributed by atoms with E-state index < -0.39 is 17.4 Å². The molecule has 3 aromatic rings. The molecule has 0 saturated carbocycles. The normalized spacial score (nSPS) is 10.9. The van der Waals surface area contributed by atoms with E-state index in [2.05, 4.69) is 25.7 Å². The summed E-state index contributed by atoms with van der Waals surface area (Å²) in [6.45, 7) is 1.46. The minimum Gasteiger partial charge on any atom is -0.507 e. The Balaban J connectivity index is 1.61. The van der Waals surface area contributed by atoms with E-state index in [-0.39, 0.29) is 35.1 Å².